The molecule has 10 heteroatoms. The number of aliphatic hydroxyl groups excluding tert-OH is 1. The summed E-state index contributed by atoms with van der Waals surface area (Å²) in [6.07, 6.45) is 7.38. The molecule has 1 saturated carbocycles. The topological polar surface area (TPSA) is 120 Å². The highest BCUT2D eigenvalue weighted by atomic mass is 16.5. The molecule has 4 atom stereocenters. The van der Waals surface area contributed by atoms with Gasteiger partial charge >= 0.3 is 6.03 Å². The Balaban J connectivity index is 1.90. The molecular weight excluding hydrogens is 548 g/mol. The Morgan fingerprint density at radius 1 is 1.07 bits per heavy atom. The zero-order valence-electron chi connectivity index (χ0n) is 27.1. The zero-order chi connectivity index (χ0) is 31.5. The lowest BCUT2D eigenvalue weighted by Gasteiger charge is -2.36. The van der Waals surface area contributed by atoms with Crippen molar-refractivity contribution in [1.29, 1.82) is 0 Å². The van der Waals surface area contributed by atoms with Crippen LogP contribution in [0.25, 0.3) is 0 Å². The van der Waals surface area contributed by atoms with Crippen LogP contribution in [-0.2, 0) is 9.53 Å². The lowest BCUT2D eigenvalue weighted by molar-refractivity contribution is -0.137. The highest BCUT2D eigenvalue weighted by molar-refractivity contribution is 5.99. The Morgan fingerprint density at radius 2 is 1.77 bits per heavy atom. The van der Waals surface area contributed by atoms with Crippen LogP contribution in [-0.4, -0.2) is 90.4 Å². The molecule has 3 N–H and O–H groups in total. The average Bonchev–Trinajstić information content (AvgIpc) is 2.98. The van der Waals surface area contributed by atoms with Gasteiger partial charge in [-0.25, -0.2) is 4.79 Å². The average molecular weight is 603 g/mol. The van der Waals surface area contributed by atoms with Crippen LogP contribution in [0.4, 0.5) is 10.5 Å². The fourth-order valence-corrected chi connectivity index (χ4v) is 5.91. The van der Waals surface area contributed by atoms with Crippen LogP contribution in [0.2, 0.25) is 0 Å². The first-order valence-corrected chi connectivity index (χ1v) is 16.2. The number of carbonyl (C=O) groups is 3. The summed E-state index contributed by atoms with van der Waals surface area (Å²) in [5, 5.41) is 15.8. The summed E-state index contributed by atoms with van der Waals surface area (Å²) in [4.78, 5) is 43.4. The van der Waals surface area contributed by atoms with Gasteiger partial charge in [-0.3, -0.25) is 9.59 Å². The van der Waals surface area contributed by atoms with Crippen molar-refractivity contribution in [2.75, 3.05) is 38.7 Å². The van der Waals surface area contributed by atoms with Crippen LogP contribution in [0.3, 0.4) is 0 Å². The number of nitrogens with one attached hydrogen (secondary N) is 2. The number of likely N-dealkylation sites (N-methyl/N-ethyl adjacent to an activating group) is 1. The second-order valence-electron chi connectivity index (χ2n) is 12.8. The number of hydrogen-bond donors (Lipinski definition) is 3. The molecule has 0 saturated heterocycles. The molecule has 1 fully saturated rings. The summed E-state index contributed by atoms with van der Waals surface area (Å²) in [7, 11) is 1.86. The molecule has 3 rings (SSSR count). The van der Waals surface area contributed by atoms with E-state index in [1.54, 1.807) is 23.1 Å². The van der Waals surface area contributed by atoms with Crippen LogP contribution >= 0.6 is 0 Å². The molecule has 0 radical (unpaired) electrons. The molecule has 0 aromatic heterocycles. The highest BCUT2D eigenvalue weighted by Crippen LogP contribution is 2.29. The molecule has 0 unspecified atom stereocenters. The smallest absolute Gasteiger partial charge is 0.319 e. The van der Waals surface area contributed by atoms with E-state index in [4.69, 9.17) is 9.47 Å². The van der Waals surface area contributed by atoms with Gasteiger partial charge in [0.05, 0.1) is 30.4 Å². The number of carbonyl (C=O) groups excluding carboxylic acids is 3. The highest BCUT2D eigenvalue weighted by Gasteiger charge is 2.32. The molecular formula is C33H54N4O6. The third kappa shape index (κ3) is 10.4. The minimum absolute atomic E-state index is 0.0438. The molecule has 2 aliphatic rings. The maximum atomic E-state index is 14.2. The van der Waals surface area contributed by atoms with Crippen molar-refractivity contribution in [1.82, 2.24) is 15.1 Å². The Hall–Kier alpha value is -2.85. The predicted molar refractivity (Wildman–Crippen MR) is 168 cm³/mol. The van der Waals surface area contributed by atoms with E-state index in [9.17, 15) is 19.5 Å². The molecule has 1 aliphatic heterocycles. The van der Waals surface area contributed by atoms with E-state index in [-0.39, 0.29) is 54.5 Å². The number of nitrogens with zero attached hydrogens (tertiary/aromatic N) is 2. The number of anilines is 1. The second-order valence-corrected chi connectivity index (χ2v) is 12.8. The Kier molecular flexibility index (Phi) is 13.6. The van der Waals surface area contributed by atoms with E-state index in [1.807, 2.05) is 46.6 Å². The van der Waals surface area contributed by atoms with Gasteiger partial charge in [-0.05, 0) is 78.0 Å². The minimum atomic E-state index is -0.476. The molecule has 1 aromatic rings. The number of hydrogen-bond acceptors (Lipinski definition) is 6. The van der Waals surface area contributed by atoms with Gasteiger partial charge in [0, 0.05) is 50.3 Å². The third-order valence-corrected chi connectivity index (χ3v) is 8.51. The van der Waals surface area contributed by atoms with Crippen molar-refractivity contribution in [3.8, 4) is 5.75 Å². The van der Waals surface area contributed by atoms with E-state index < -0.39 is 6.04 Å². The van der Waals surface area contributed by atoms with Crippen molar-refractivity contribution < 1.29 is 29.0 Å². The number of rotatable bonds is 7. The standard InChI is InChI=1S/C33H54N4O6/c1-22(2)34-33(41)35-27-15-16-29-28(18-27)32(40)37(24(4)21-38)19-23(3)30(42-17-11-10-12-25(5)43-29)20-36(6)31(39)26-13-8-7-9-14-26/h15-16,18,22-26,30,38H,7-14,17,19-21H2,1-6H3,(H2,34,35,41)/t23-,24+,25+,30-/m1/s1. The largest absolute Gasteiger partial charge is 0.490 e. The molecule has 0 spiro atoms. The summed E-state index contributed by atoms with van der Waals surface area (Å²) in [5.74, 6) is 0.268. The predicted octanol–water partition coefficient (Wildman–Crippen LogP) is 5.05. The summed E-state index contributed by atoms with van der Waals surface area (Å²) in [5.41, 5.74) is 0.789. The SMILES string of the molecule is CC(C)NC(=O)Nc1ccc2c(c1)C(=O)N([C@@H](C)CO)C[C@@H](C)[C@@H](CN(C)C(=O)C1CCCCC1)OCCCC[C@H](C)O2. The first kappa shape index (κ1) is 34.6. The Labute approximate surface area is 257 Å². The van der Waals surface area contributed by atoms with E-state index in [2.05, 4.69) is 10.6 Å². The van der Waals surface area contributed by atoms with E-state index in [0.717, 1.165) is 44.9 Å². The number of ether oxygens (including phenoxy) is 2. The first-order chi connectivity index (χ1) is 20.5. The quantitative estimate of drug-likeness (QED) is 0.402. The molecule has 1 aliphatic carbocycles. The first-order valence-electron chi connectivity index (χ1n) is 16.2. The number of benzene rings is 1. The van der Waals surface area contributed by atoms with Crippen LogP contribution in [0.1, 0.15) is 96.3 Å². The Bertz CT molecular complexity index is 1060. The lowest BCUT2D eigenvalue weighted by Crippen LogP contribution is -2.48. The summed E-state index contributed by atoms with van der Waals surface area (Å²) in [6, 6.07) is 4.21. The maximum absolute atomic E-state index is 14.2. The summed E-state index contributed by atoms with van der Waals surface area (Å²) < 4.78 is 12.7. The number of aliphatic hydroxyl groups is 1. The second kappa shape index (κ2) is 16.9. The van der Waals surface area contributed by atoms with Crippen molar-refractivity contribution in [2.45, 2.75) is 110 Å². The van der Waals surface area contributed by atoms with Gasteiger partial charge in [0.15, 0.2) is 0 Å². The monoisotopic (exact) mass is 602 g/mol. The number of urea groups is 1. The molecule has 1 heterocycles. The maximum Gasteiger partial charge on any atom is 0.319 e. The van der Waals surface area contributed by atoms with Gasteiger partial charge < -0.3 is 35.0 Å². The normalized spacial score (nSPS) is 23.5. The molecule has 10 nitrogen and oxygen atoms in total. The van der Waals surface area contributed by atoms with E-state index in [1.165, 1.54) is 6.42 Å². The van der Waals surface area contributed by atoms with Crippen LogP contribution in [0.5, 0.6) is 5.75 Å². The fraction of sp³-hybridized carbons (Fsp3) is 0.727. The molecule has 242 valence electrons. The van der Waals surface area contributed by atoms with Crippen molar-refractivity contribution in [3.05, 3.63) is 23.8 Å². The summed E-state index contributed by atoms with van der Waals surface area (Å²) >= 11 is 0. The van der Waals surface area contributed by atoms with Crippen LogP contribution in [0.15, 0.2) is 18.2 Å². The molecule has 1 aromatic carbocycles. The molecule has 43 heavy (non-hydrogen) atoms. The lowest BCUT2D eigenvalue weighted by atomic mass is 9.88. The van der Waals surface area contributed by atoms with Crippen molar-refractivity contribution >= 4 is 23.5 Å². The van der Waals surface area contributed by atoms with Crippen LogP contribution < -0.4 is 15.4 Å². The number of amides is 4. The van der Waals surface area contributed by atoms with Gasteiger partial charge in [-0.15, -0.1) is 0 Å². The van der Waals surface area contributed by atoms with Gasteiger partial charge in [-0.2, -0.15) is 0 Å². The Morgan fingerprint density at radius 3 is 2.44 bits per heavy atom. The van der Waals surface area contributed by atoms with Crippen molar-refractivity contribution in [3.63, 3.8) is 0 Å². The van der Waals surface area contributed by atoms with Gasteiger partial charge in [0.2, 0.25) is 5.91 Å². The van der Waals surface area contributed by atoms with Crippen molar-refractivity contribution in [2.24, 2.45) is 11.8 Å². The van der Waals surface area contributed by atoms with Crippen LogP contribution in [0, 0.1) is 11.8 Å². The van der Waals surface area contributed by atoms with Gasteiger partial charge in [0.25, 0.3) is 5.91 Å². The van der Waals surface area contributed by atoms with Gasteiger partial charge in [-0.1, -0.05) is 26.2 Å². The van der Waals surface area contributed by atoms with E-state index >= 15 is 0 Å². The third-order valence-electron chi connectivity index (χ3n) is 8.51. The zero-order valence-corrected chi connectivity index (χ0v) is 27.1. The minimum Gasteiger partial charge on any atom is -0.490 e. The fourth-order valence-electron chi connectivity index (χ4n) is 5.91. The number of fused-ring (bicyclic) bond motifs is 1. The summed E-state index contributed by atoms with van der Waals surface area (Å²) in [6.45, 7) is 10.7. The molecule has 4 amide bonds. The molecule has 0 bridgehead atoms. The van der Waals surface area contributed by atoms with E-state index in [0.29, 0.717) is 36.7 Å². The van der Waals surface area contributed by atoms with Gasteiger partial charge in [0.1, 0.15) is 5.75 Å².